The van der Waals surface area contributed by atoms with E-state index in [1.165, 1.54) is 16.7 Å². The highest BCUT2D eigenvalue weighted by Crippen LogP contribution is 2.35. The van der Waals surface area contributed by atoms with Gasteiger partial charge in [0, 0.05) is 36.3 Å². The minimum atomic E-state index is -0.683. The molecule has 1 saturated carbocycles. The molecule has 336 valence electrons. The second-order valence-corrected chi connectivity index (χ2v) is 18.1. The Hall–Kier alpha value is -4.72. The number of ether oxygens (including phenoxy) is 2. The molecule has 0 saturated heterocycles. The van der Waals surface area contributed by atoms with Gasteiger partial charge in [0.1, 0.15) is 23.4 Å². The number of ketones is 2. The van der Waals surface area contributed by atoms with Gasteiger partial charge in [-0.25, -0.2) is 0 Å². The Kier molecular flexibility index (Phi) is 18.9. The largest absolute Gasteiger partial charge is 0.508 e. The molecule has 2 unspecified atom stereocenters. The van der Waals surface area contributed by atoms with Gasteiger partial charge in [-0.15, -0.1) is 0 Å². The minimum absolute atomic E-state index is 0.0365. The van der Waals surface area contributed by atoms with Gasteiger partial charge in [0.05, 0.1) is 13.2 Å². The molecular weight excluding hydrogens is 808 g/mol. The number of benzene rings is 4. The topological polar surface area (TPSA) is 110 Å². The molecule has 8 heteroatoms. The van der Waals surface area contributed by atoms with Crippen molar-refractivity contribution in [1.29, 1.82) is 0 Å². The summed E-state index contributed by atoms with van der Waals surface area (Å²) in [4.78, 5) is 38.0. The molecule has 0 heterocycles. The molecule has 0 radical (unpaired) electrons. The molecule has 4 aromatic rings. The summed E-state index contributed by atoms with van der Waals surface area (Å²) in [5.41, 5.74) is 8.04. The molecule has 2 aliphatic carbocycles. The van der Waals surface area contributed by atoms with Crippen LogP contribution in [-0.2, 0) is 44.8 Å². The van der Waals surface area contributed by atoms with E-state index in [0.717, 1.165) is 123 Å². The quantitative estimate of drug-likeness (QED) is 0.0634. The summed E-state index contributed by atoms with van der Waals surface area (Å²) in [6, 6.07) is 26.3. The Balaban J connectivity index is 0.869. The Morgan fingerprint density at radius 2 is 1.51 bits per heavy atom. The van der Waals surface area contributed by atoms with Gasteiger partial charge in [0.15, 0.2) is 5.78 Å². The third-order valence-electron chi connectivity index (χ3n) is 13.1. The summed E-state index contributed by atoms with van der Waals surface area (Å²) in [7, 11) is 1.68. The van der Waals surface area contributed by atoms with Crippen LogP contribution in [0.4, 0.5) is 0 Å². The lowest BCUT2D eigenvalue weighted by Gasteiger charge is -2.25. The average Bonchev–Trinajstić information content (AvgIpc) is 3.27. The molecule has 0 amide bonds. The zero-order chi connectivity index (χ0) is 44.4. The van der Waals surface area contributed by atoms with Crippen LogP contribution in [0.25, 0.3) is 17.2 Å². The van der Waals surface area contributed by atoms with Crippen LogP contribution >= 0.6 is 11.6 Å². The monoisotopic (exact) mass is 874 g/mol. The molecule has 6 rings (SSSR count). The number of esters is 1. The maximum Gasteiger partial charge on any atom is 0.306 e. The number of carbonyl (C=O) groups is 3. The van der Waals surface area contributed by atoms with E-state index in [1.807, 2.05) is 18.2 Å². The molecule has 7 nitrogen and oxygen atoms in total. The average molecular weight is 876 g/mol. The van der Waals surface area contributed by atoms with Gasteiger partial charge in [-0.3, -0.25) is 14.4 Å². The molecule has 3 atom stereocenters. The van der Waals surface area contributed by atoms with E-state index >= 15 is 0 Å². The molecule has 2 aliphatic rings. The van der Waals surface area contributed by atoms with Crippen molar-refractivity contribution in [2.45, 2.75) is 153 Å². The van der Waals surface area contributed by atoms with Crippen molar-refractivity contribution in [3.63, 3.8) is 0 Å². The molecular formula is C55H67ClO7. The van der Waals surface area contributed by atoms with Crippen LogP contribution in [0, 0.1) is 5.92 Å². The third-order valence-corrected chi connectivity index (χ3v) is 13.5. The molecule has 63 heavy (non-hydrogen) atoms. The van der Waals surface area contributed by atoms with Crippen LogP contribution in [0.3, 0.4) is 0 Å². The summed E-state index contributed by atoms with van der Waals surface area (Å²) >= 11 is 6.79. The first-order valence-electron chi connectivity index (χ1n) is 23.6. The number of halogens is 1. The van der Waals surface area contributed by atoms with E-state index in [-0.39, 0.29) is 23.6 Å². The van der Waals surface area contributed by atoms with Gasteiger partial charge in [-0.2, -0.15) is 0 Å². The van der Waals surface area contributed by atoms with E-state index < -0.39 is 6.10 Å². The zero-order valence-electron chi connectivity index (χ0n) is 37.3. The predicted octanol–water partition coefficient (Wildman–Crippen LogP) is 13.1. The third kappa shape index (κ3) is 14.7. The maximum atomic E-state index is 13.0. The summed E-state index contributed by atoms with van der Waals surface area (Å²) in [6.45, 7) is 0. The molecule has 0 bridgehead atoms. The van der Waals surface area contributed by atoms with E-state index in [9.17, 15) is 24.6 Å². The minimum Gasteiger partial charge on any atom is -0.508 e. The van der Waals surface area contributed by atoms with Crippen molar-refractivity contribution >= 4 is 35.2 Å². The molecule has 1 fully saturated rings. The fraction of sp³-hybridized carbons (Fsp3) is 0.473. The highest BCUT2D eigenvalue weighted by molar-refractivity contribution is 6.31. The SMILES string of the molecule is COc1cc(CCCC(=O)CCC2CCCCC(OC(=O)CCCc3ccccc3-c3ccccc3)CC2)c(Cl)cc1CCCCC[C@H](O)c1ccc(O)c2c1/C=C\C(=O)CCC2. The number of aliphatic hydroxyl groups excluding tert-OH is 1. The number of Topliss-reactive ketones (excluding diaryl/α,β-unsaturated/α-hetero) is 1. The lowest BCUT2D eigenvalue weighted by atomic mass is 9.86. The van der Waals surface area contributed by atoms with Crippen molar-refractivity contribution in [1.82, 2.24) is 0 Å². The van der Waals surface area contributed by atoms with Gasteiger partial charge < -0.3 is 19.7 Å². The predicted molar refractivity (Wildman–Crippen MR) is 253 cm³/mol. The molecule has 0 spiro atoms. The number of fused-ring (bicyclic) bond motifs is 1. The van der Waals surface area contributed by atoms with Gasteiger partial charge >= 0.3 is 5.97 Å². The zero-order valence-corrected chi connectivity index (χ0v) is 38.0. The van der Waals surface area contributed by atoms with Crippen molar-refractivity contribution < 1.29 is 34.1 Å². The highest BCUT2D eigenvalue weighted by Gasteiger charge is 2.22. The Morgan fingerprint density at radius 3 is 2.35 bits per heavy atom. The first kappa shape index (κ1) is 47.8. The number of allylic oxidation sites excluding steroid dienone is 1. The lowest BCUT2D eigenvalue weighted by molar-refractivity contribution is -0.150. The van der Waals surface area contributed by atoms with Crippen LogP contribution in [0.2, 0.25) is 5.02 Å². The van der Waals surface area contributed by atoms with Crippen molar-refractivity contribution in [3.8, 4) is 22.6 Å². The molecule has 2 N–H and O–H groups in total. The number of carbonyl (C=O) groups excluding carboxylic acids is 3. The van der Waals surface area contributed by atoms with Crippen molar-refractivity contribution in [3.05, 3.63) is 123 Å². The van der Waals surface area contributed by atoms with Crippen LogP contribution in [0.15, 0.2) is 84.9 Å². The normalized spacial score (nSPS) is 17.7. The van der Waals surface area contributed by atoms with E-state index in [2.05, 4.69) is 48.5 Å². The number of aromatic hydroxyl groups is 1. The fourth-order valence-corrected chi connectivity index (χ4v) is 9.79. The van der Waals surface area contributed by atoms with Crippen LogP contribution in [0.5, 0.6) is 11.5 Å². The first-order valence-corrected chi connectivity index (χ1v) is 24.0. The van der Waals surface area contributed by atoms with E-state index in [1.54, 1.807) is 31.4 Å². The number of hydrogen-bond acceptors (Lipinski definition) is 7. The number of methoxy groups -OCH3 is 1. The summed E-state index contributed by atoms with van der Waals surface area (Å²) in [5.74, 6) is 1.76. The molecule has 0 aromatic heterocycles. The van der Waals surface area contributed by atoms with E-state index in [4.69, 9.17) is 21.1 Å². The van der Waals surface area contributed by atoms with Crippen LogP contribution in [0.1, 0.15) is 155 Å². The Bertz CT molecular complexity index is 2140. The number of unbranched alkanes of at least 4 members (excludes halogenated alkanes) is 2. The number of phenolic OH excluding ortho intramolecular Hbond substituents is 1. The van der Waals surface area contributed by atoms with Crippen LogP contribution in [-0.4, -0.2) is 41.0 Å². The fourth-order valence-electron chi connectivity index (χ4n) is 9.51. The Morgan fingerprint density at radius 1 is 0.746 bits per heavy atom. The van der Waals surface area contributed by atoms with Crippen molar-refractivity contribution in [2.75, 3.05) is 7.11 Å². The summed E-state index contributed by atoms with van der Waals surface area (Å²) < 4.78 is 11.8. The Labute approximate surface area is 380 Å². The number of rotatable bonds is 21. The lowest BCUT2D eigenvalue weighted by Crippen LogP contribution is -2.21. The summed E-state index contributed by atoms with van der Waals surface area (Å²) in [6.07, 6.45) is 19.9. The molecule has 0 aliphatic heterocycles. The number of hydrogen-bond donors (Lipinski definition) is 2. The highest BCUT2D eigenvalue weighted by atomic mass is 35.5. The standard InChI is InChI=1S/C55H67ClO7/c1-62-54-38-42(51(56)37-43(54)19-6-3-7-27-52(59)50-35-36-53(60)49-26-14-23-45(58)32-34-48(49)50)21-12-22-44(57)31-29-39-15-8-10-24-46(33-30-39)63-55(61)28-13-20-41-18-9-11-25-47(41)40-16-4-2-5-17-40/h2,4-5,9,11,16-18,25,32,34-39,46,52,59-60H,3,6-8,10,12-15,19-24,26-31,33H2,1H3/b34-32-/t39?,46?,52-/m0/s1. The first-order chi connectivity index (χ1) is 30.7. The maximum absolute atomic E-state index is 13.0. The van der Waals surface area contributed by atoms with Crippen LogP contribution < -0.4 is 4.74 Å². The van der Waals surface area contributed by atoms with Gasteiger partial charge in [-0.1, -0.05) is 104 Å². The van der Waals surface area contributed by atoms with E-state index in [0.29, 0.717) is 68.1 Å². The van der Waals surface area contributed by atoms with Gasteiger partial charge in [0.2, 0.25) is 0 Å². The number of phenols is 1. The van der Waals surface area contributed by atoms with Gasteiger partial charge in [-0.05, 0) is 159 Å². The second-order valence-electron chi connectivity index (χ2n) is 17.7. The second kappa shape index (κ2) is 24.9. The number of aryl methyl sites for hydroxylation is 3. The van der Waals surface area contributed by atoms with Gasteiger partial charge in [0.25, 0.3) is 0 Å². The summed E-state index contributed by atoms with van der Waals surface area (Å²) in [5, 5.41) is 22.3. The number of aliphatic hydroxyl groups is 1. The molecule has 4 aromatic carbocycles. The smallest absolute Gasteiger partial charge is 0.306 e. The van der Waals surface area contributed by atoms with Crippen molar-refractivity contribution in [2.24, 2.45) is 5.92 Å².